The van der Waals surface area contributed by atoms with Gasteiger partial charge in [-0.1, -0.05) is 32.9 Å². The van der Waals surface area contributed by atoms with E-state index in [1.807, 2.05) is 20.8 Å². The third kappa shape index (κ3) is 5.24. The Morgan fingerprint density at radius 2 is 1.74 bits per heavy atom. The molecule has 2 aromatic carbocycles. The standard InChI is InChI=1S/C24H21F3N6OS/c1-24(2,3)21-33-19(17-9-10-29-22(28)30-17)20(35-21)13-5-4-6-16(18(13)27)32-23(34)31-15-8-7-12(25)11-14(15)26/h4-11H,1-3H3,(H2,28,29,30)(H2,31,32,34). The molecule has 0 unspecified atom stereocenters. The lowest BCUT2D eigenvalue weighted by molar-refractivity contribution is 0.262. The molecule has 0 aliphatic carbocycles. The number of carbonyl (C=O) groups is 1. The van der Waals surface area contributed by atoms with Crippen LogP contribution < -0.4 is 16.4 Å². The fourth-order valence-electron chi connectivity index (χ4n) is 3.17. The van der Waals surface area contributed by atoms with Gasteiger partial charge in [0.1, 0.15) is 17.3 Å². The lowest BCUT2D eigenvalue weighted by Gasteiger charge is -2.13. The SMILES string of the molecule is CC(C)(C)c1nc(-c2ccnc(N)n2)c(-c2cccc(NC(=O)Nc3ccc(F)cc3F)c2F)s1. The maximum absolute atomic E-state index is 15.6. The first-order valence-electron chi connectivity index (χ1n) is 10.4. The van der Waals surface area contributed by atoms with Crippen molar-refractivity contribution in [3.05, 3.63) is 71.1 Å². The van der Waals surface area contributed by atoms with Gasteiger partial charge >= 0.3 is 6.03 Å². The maximum atomic E-state index is 15.6. The average Bonchev–Trinajstić information content (AvgIpc) is 3.23. The van der Waals surface area contributed by atoms with E-state index >= 15 is 4.39 Å². The molecular weight excluding hydrogens is 477 g/mol. The molecule has 4 N–H and O–H groups in total. The van der Waals surface area contributed by atoms with Gasteiger partial charge in [-0.25, -0.2) is 32.9 Å². The summed E-state index contributed by atoms with van der Waals surface area (Å²) >= 11 is 1.30. The predicted octanol–water partition coefficient (Wildman–Crippen LogP) is 6.21. The number of thiazole rings is 1. The summed E-state index contributed by atoms with van der Waals surface area (Å²) in [5, 5.41) is 5.36. The molecule has 0 radical (unpaired) electrons. The number of hydrogen-bond acceptors (Lipinski definition) is 6. The van der Waals surface area contributed by atoms with Crippen LogP contribution >= 0.6 is 11.3 Å². The van der Waals surface area contributed by atoms with Crippen molar-refractivity contribution in [2.45, 2.75) is 26.2 Å². The normalized spacial score (nSPS) is 11.4. The third-order valence-electron chi connectivity index (χ3n) is 4.86. The molecule has 0 atom stereocenters. The molecule has 0 spiro atoms. The number of nitrogens with two attached hydrogens (primary N) is 1. The number of amides is 2. The number of anilines is 3. The first kappa shape index (κ1) is 24.1. The molecule has 4 aromatic rings. The van der Waals surface area contributed by atoms with E-state index in [-0.39, 0.29) is 28.3 Å². The third-order valence-corrected chi connectivity index (χ3v) is 6.37. The molecule has 0 fully saturated rings. The summed E-state index contributed by atoms with van der Waals surface area (Å²) in [6.45, 7) is 5.96. The summed E-state index contributed by atoms with van der Waals surface area (Å²) in [5.41, 5.74) is 6.10. The van der Waals surface area contributed by atoms with Crippen molar-refractivity contribution in [3.63, 3.8) is 0 Å². The number of aromatic nitrogens is 3. The minimum Gasteiger partial charge on any atom is -0.368 e. The highest BCUT2D eigenvalue weighted by atomic mass is 32.1. The topological polar surface area (TPSA) is 106 Å². The van der Waals surface area contributed by atoms with Crippen LogP contribution in [-0.2, 0) is 5.41 Å². The van der Waals surface area contributed by atoms with E-state index in [1.165, 1.54) is 23.6 Å². The Morgan fingerprint density at radius 3 is 2.43 bits per heavy atom. The predicted molar refractivity (Wildman–Crippen MR) is 131 cm³/mol. The summed E-state index contributed by atoms with van der Waals surface area (Å²) in [4.78, 5) is 25.7. The molecular formula is C24H21F3N6OS. The molecule has 0 saturated carbocycles. The Balaban J connectivity index is 1.71. The van der Waals surface area contributed by atoms with Gasteiger partial charge in [0.15, 0.2) is 5.82 Å². The number of benzene rings is 2. The number of nitrogens with one attached hydrogen (secondary N) is 2. The summed E-state index contributed by atoms with van der Waals surface area (Å²) in [7, 11) is 0. The lowest BCUT2D eigenvalue weighted by Crippen LogP contribution is -2.21. The van der Waals surface area contributed by atoms with Gasteiger partial charge in [-0.2, -0.15) is 0 Å². The molecule has 0 bridgehead atoms. The van der Waals surface area contributed by atoms with Gasteiger partial charge in [-0.3, -0.25) is 0 Å². The highest BCUT2D eigenvalue weighted by molar-refractivity contribution is 7.15. The Labute approximate surface area is 203 Å². The molecule has 2 aromatic heterocycles. The van der Waals surface area contributed by atoms with Gasteiger partial charge in [-0.05, 0) is 24.3 Å². The largest absolute Gasteiger partial charge is 0.368 e. The second-order valence-electron chi connectivity index (χ2n) is 8.62. The van der Waals surface area contributed by atoms with Crippen LogP contribution in [0, 0.1) is 17.5 Å². The van der Waals surface area contributed by atoms with Crippen molar-refractivity contribution in [1.29, 1.82) is 0 Å². The number of hydrogen-bond donors (Lipinski definition) is 3. The number of halogens is 3. The van der Waals surface area contributed by atoms with Crippen LogP contribution in [0.1, 0.15) is 25.8 Å². The number of nitrogen functional groups attached to an aromatic ring is 1. The van der Waals surface area contributed by atoms with Crippen molar-refractivity contribution < 1.29 is 18.0 Å². The quantitative estimate of drug-likeness (QED) is 0.310. The number of carbonyl (C=O) groups excluding carboxylic acids is 1. The number of nitrogens with zero attached hydrogens (tertiary/aromatic N) is 3. The zero-order valence-electron chi connectivity index (χ0n) is 19.0. The fourth-order valence-corrected chi connectivity index (χ4v) is 4.32. The molecule has 11 heteroatoms. The highest BCUT2D eigenvalue weighted by Gasteiger charge is 2.26. The van der Waals surface area contributed by atoms with E-state index in [0.717, 1.165) is 17.1 Å². The Morgan fingerprint density at radius 1 is 1.00 bits per heavy atom. The van der Waals surface area contributed by atoms with Crippen LogP contribution in [0.3, 0.4) is 0 Å². The number of rotatable bonds is 4. The smallest absolute Gasteiger partial charge is 0.323 e. The van der Waals surface area contributed by atoms with Crippen LogP contribution in [0.2, 0.25) is 0 Å². The van der Waals surface area contributed by atoms with Crippen molar-refractivity contribution in [1.82, 2.24) is 15.0 Å². The van der Waals surface area contributed by atoms with Gasteiger partial charge in [0.2, 0.25) is 5.95 Å². The van der Waals surface area contributed by atoms with Crippen LogP contribution in [-0.4, -0.2) is 21.0 Å². The average molecular weight is 499 g/mol. The van der Waals surface area contributed by atoms with Gasteiger partial charge in [-0.15, -0.1) is 11.3 Å². The Kier molecular flexibility index (Phi) is 6.44. The number of urea groups is 1. The van der Waals surface area contributed by atoms with Crippen LogP contribution in [0.4, 0.5) is 35.3 Å². The first-order chi connectivity index (χ1) is 16.5. The second kappa shape index (κ2) is 9.34. The molecule has 0 aliphatic rings. The van der Waals surface area contributed by atoms with Crippen molar-refractivity contribution in [3.8, 4) is 21.8 Å². The monoisotopic (exact) mass is 498 g/mol. The van der Waals surface area contributed by atoms with E-state index in [9.17, 15) is 13.6 Å². The summed E-state index contributed by atoms with van der Waals surface area (Å²) in [6, 6.07) is 7.94. The molecule has 7 nitrogen and oxygen atoms in total. The lowest BCUT2D eigenvalue weighted by atomic mass is 9.98. The minimum absolute atomic E-state index is 0.0549. The molecule has 180 valence electrons. The van der Waals surface area contributed by atoms with Crippen LogP contribution in [0.5, 0.6) is 0 Å². The summed E-state index contributed by atoms with van der Waals surface area (Å²) in [6.07, 6.45) is 1.49. The van der Waals surface area contributed by atoms with Gasteiger partial charge in [0, 0.05) is 23.2 Å². The summed E-state index contributed by atoms with van der Waals surface area (Å²) < 4.78 is 42.6. The molecule has 2 heterocycles. The van der Waals surface area contributed by atoms with Crippen molar-refractivity contribution in [2.24, 2.45) is 0 Å². The molecule has 35 heavy (non-hydrogen) atoms. The van der Waals surface area contributed by atoms with Crippen LogP contribution in [0.15, 0.2) is 48.7 Å². The van der Waals surface area contributed by atoms with E-state index in [0.29, 0.717) is 22.3 Å². The van der Waals surface area contributed by atoms with Crippen molar-refractivity contribution in [2.75, 3.05) is 16.4 Å². The summed E-state index contributed by atoms with van der Waals surface area (Å²) in [5.74, 6) is -2.40. The van der Waals surface area contributed by atoms with Crippen molar-refractivity contribution >= 4 is 34.7 Å². The molecule has 0 aliphatic heterocycles. The minimum atomic E-state index is -0.956. The Hall–Kier alpha value is -3.99. The second-order valence-corrected chi connectivity index (χ2v) is 9.62. The molecule has 0 saturated heterocycles. The zero-order valence-corrected chi connectivity index (χ0v) is 19.8. The van der Waals surface area contributed by atoms with E-state index in [4.69, 9.17) is 10.7 Å². The van der Waals surface area contributed by atoms with Gasteiger partial charge in [0.05, 0.1) is 27.0 Å². The highest BCUT2D eigenvalue weighted by Crippen LogP contribution is 2.42. The van der Waals surface area contributed by atoms with E-state index in [2.05, 4.69) is 20.6 Å². The van der Waals surface area contributed by atoms with Crippen LogP contribution in [0.25, 0.3) is 21.8 Å². The Bertz CT molecular complexity index is 1420. The maximum Gasteiger partial charge on any atom is 0.323 e. The fraction of sp³-hybridized carbons (Fsp3) is 0.167. The molecule has 4 rings (SSSR count). The van der Waals surface area contributed by atoms with E-state index in [1.54, 1.807) is 18.2 Å². The van der Waals surface area contributed by atoms with Gasteiger partial charge < -0.3 is 16.4 Å². The first-order valence-corrected chi connectivity index (χ1v) is 11.3. The van der Waals surface area contributed by atoms with E-state index < -0.39 is 23.5 Å². The molecule has 2 amide bonds. The zero-order chi connectivity index (χ0) is 25.3. The van der Waals surface area contributed by atoms with Gasteiger partial charge in [0.25, 0.3) is 0 Å².